The van der Waals surface area contributed by atoms with Gasteiger partial charge in [-0.15, -0.1) is 0 Å². The molecule has 0 spiro atoms. The summed E-state index contributed by atoms with van der Waals surface area (Å²) in [6.07, 6.45) is 0. The highest BCUT2D eigenvalue weighted by atomic mass is 16.5. The maximum atomic E-state index is 11.0. The fourth-order valence-electron chi connectivity index (χ4n) is 1.66. The molecule has 0 saturated heterocycles. The predicted octanol–water partition coefficient (Wildman–Crippen LogP) is 0.931. The van der Waals surface area contributed by atoms with Crippen LogP contribution in [0.25, 0.3) is 0 Å². The zero-order chi connectivity index (χ0) is 15.7. The second-order valence-electron chi connectivity index (χ2n) is 4.76. The van der Waals surface area contributed by atoms with E-state index in [9.17, 15) is 4.79 Å². The minimum atomic E-state index is -0.372. The Morgan fingerprint density at radius 2 is 2.14 bits per heavy atom. The molecule has 0 aliphatic heterocycles. The Kier molecular flexibility index (Phi) is 7.56. The van der Waals surface area contributed by atoms with E-state index < -0.39 is 0 Å². The number of ether oxygens (including phenoxy) is 3. The third-order valence-electron chi connectivity index (χ3n) is 3.04. The van der Waals surface area contributed by atoms with Crippen molar-refractivity contribution in [2.24, 2.45) is 11.7 Å². The van der Waals surface area contributed by atoms with Crippen LogP contribution in [0.1, 0.15) is 12.5 Å². The van der Waals surface area contributed by atoms with Crippen LogP contribution in [-0.4, -0.2) is 39.9 Å². The summed E-state index contributed by atoms with van der Waals surface area (Å²) in [7, 11) is 3.28. The zero-order valence-electron chi connectivity index (χ0n) is 12.8. The quantitative estimate of drug-likeness (QED) is 0.628. The molecule has 0 radical (unpaired) electrons. The highest BCUT2D eigenvalue weighted by Crippen LogP contribution is 2.24. The Balaban J connectivity index is 2.69. The van der Waals surface area contributed by atoms with Crippen molar-refractivity contribution in [1.82, 2.24) is 5.32 Å². The Bertz CT molecular complexity index is 451. The van der Waals surface area contributed by atoms with E-state index in [1.54, 1.807) is 21.1 Å². The molecule has 0 aromatic heterocycles. The molecule has 0 saturated carbocycles. The van der Waals surface area contributed by atoms with Gasteiger partial charge in [0.1, 0.15) is 11.5 Å². The van der Waals surface area contributed by atoms with Crippen LogP contribution in [0, 0.1) is 5.92 Å². The second-order valence-corrected chi connectivity index (χ2v) is 4.76. The van der Waals surface area contributed by atoms with E-state index in [0.29, 0.717) is 18.9 Å². The van der Waals surface area contributed by atoms with Gasteiger partial charge in [-0.2, -0.15) is 0 Å². The maximum Gasteiger partial charge on any atom is 0.223 e. The van der Waals surface area contributed by atoms with Crippen molar-refractivity contribution < 1.29 is 19.0 Å². The normalized spacial score (nSPS) is 12.0. The van der Waals surface area contributed by atoms with Gasteiger partial charge in [0.2, 0.25) is 5.91 Å². The van der Waals surface area contributed by atoms with E-state index >= 15 is 0 Å². The Hall–Kier alpha value is -1.79. The van der Waals surface area contributed by atoms with Gasteiger partial charge in [0.05, 0.1) is 26.2 Å². The average Bonchev–Trinajstić information content (AvgIpc) is 2.49. The molecule has 1 aromatic rings. The molecule has 0 aliphatic carbocycles. The summed E-state index contributed by atoms with van der Waals surface area (Å²) < 4.78 is 15.9. The molecular weight excluding hydrogens is 272 g/mol. The van der Waals surface area contributed by atoms with E-state index in [0.717, 1.165) is 17.9 Å². The predicted molar refractivity (Wildman–Crippen MR) is 80.4 cm³/mol. The first-order chi connectivity index (χ1) is 10.1. The van der Waals surface area contributed by atoms with Crippen LogP contribution in [0.2, 0.25) is 0 Å². The third-order valence-corrected chi connectivity index (χ3v) is 3.04. The Labute approximate surface area is 125 Å². The lowest BCUT2D eigenvalue weighted by Crippen LogP contribution is -2.26. The van der Waals surface area contributed by atoms with Crippen LogP contribution in [0.5, 0.6) is 11.5 Å². The van der Waals surface area contributed by atoms with Gasteiger partial charge < -0.3 is 25.3 Å². The Morgan fingerprint density at radius 3 is 2.76 bits per heavy atom. The molecule has 1 aromatic carbocycles. The number of amides is 1. The van der Waals surface area contributed by atoms with E-state index in [2.05, 4.69) is 5.32 Å². The summed E-state index contributed by atoms with van der Waals surface area (Å²) in [5.41, 5.74) is 6.19. The topological polar surface area (TPSA) is 82.8 Å². The minimum absolute atomic E-state index is 0.257. The molecule has 1 amide bonds. The van der Waals surface area contributed by atoms with Crippen LogP contribution in [0.3, 0.4) is 0 Å². The number of nitrogens with one attached hydrogen (secondary N) is 1. The lowest BCUT2D eigenvalue weighted by molar-refractivity contribution is -0.122. The highest BCUT2D eigenvalue weighted by Gasteiger charge is 2.12. The van der Waals surface area contributed by atoms with Crippen molar-refractivity contribution in [3.8, 4) is 11.5 Å². The van der Waals surface area contributed by atoms with Crippen molar-refractivity contribution >= 4 is 5.91 Å². The number of rotatable bonds is 10. The minimum Gasteiger partial charge on any atom is -0.497 e. The van der Waals surface area contributed by atoms with Crippen molar-refractivity contribution in [3.63, 3.8) is 0 Å². The lowest BCUT2D eigenvalue weighted by atomic mass is 10.1. The van der Waals surface area contributed by atoms with Crippen LogP contribution in [0.4, 0.5) is 0 Å². The van der Waals surface area contributed by atoms with Crippen LogP contribution >= 0.6 is 0 Å². The van der Waals surface area contributed by atoms with Gasteiger partial charge in [-0.1, -0.05) is 6.92 Å². The van der Waals surface area contributed by atoms with E-state index in [4.69, 9.17) is 19.9 Å². The van der Waals surface area contributed by atoms with E-state index in [1.807, 2.05) is 18.2 Å². The zero-order valence-corrected chi connectivity index (χ0v) is 12.8. The van der Waals surface area contributed by atoms with Crippen LogP contribution in [0.15, 0.2) is 18.2 Å². The van der Waals surface area contributed by atoms with Gasteiger partial charge in [-0.3, -0.25) is 4.79 Å². The molecule has 0 fully saturated rings. The molecule has 21 heavy (non-hydrogen) atoms. The van der Waals surface area contributed by atoms with Gasteiger partial charge in [0, 0.05) is 25.8 Å². The number of carbonyl (C=O) groups excluding carboxylic acids is 1. The van der Waals surface area contributed by atoms with Gasteiger partial charge in [-0.05, 0) is 18.2 Å². The standard InChI is InChI=1S/C15H24N2O4/c1-11(15(16)18)10-21-14-5-4-13(20-3)8-12(14)9-17-6-7-19-2/h4-5,8,11,17H,6-7,9-10H2,1-3H3,(H2,16,18). The molecule has 3 N–H and O–H groups in total. The van der Waals surface area contributed by atoms with E-state index in [-0.39, 0.29) is 18.4 Å². The van der Waals surface area contributed by atoms with Crippen molar-refractivity contribution in [1.29, 1.82) is 0 Å². The number of primary amides is 1. The number of nitrogens with two attached hydrogens (primary N) is 1. The van der Waals surface area contributed by atoms with Gasteiger partial charge in [0.25, 0.3) is 0 Å². The number of benzene rings is 1. The first kappa shape index (κ1) is 17.3. The highest BCUT2D eigenvalue weighted by molar-refractivity contribution is 5.76. The van der Waals surface area contributed by atoms with Crippen molar-refractivity contribution in [2.45, 2.75) is 13.5 Å². The monoisotopic (exact) mass is 296 g/mol. The first-order valence-corrected chi connectivity index (χ1v) is 6.87. The second kappa shape index (κ2) is 9.20. The van der Waals surface area contributed by atoms with Crippen LogP contribution in [-0.2, 0) is 16.1 Å². The molecule has 1 rings (SSSR count). The molecule has 0 heterocycles. The summed E-state index contributed by atoms with van der Waals surface area (Å²) >= 11 is 0. The fourth-order valence-corrected chi connectivity index (χ4v) is 1.66. The Morgan fingerprint density at radius 1 is 1.38 bits per heavy atom. The van der Waals surface area contributed by atoms with Gasteiger partial charge in [-0.25, -0.2) is 0 Å². The number of methoxy groups -OCH3 is 2. The molecular formula is C15H24N2O4. The largest absolute Gasteiger partial charge is 0.497 e. The average molecular weight is 296 g/mol. The number of hydrogen-bond donors (Lipinski definition) is 2. The smallest absolute Gasteiger partial charge is 0.223 e. The first-order valence-electron chi connectivity index (χ1n) is 6.87. The molecule has 1 unspecified atom stereocenters. The fraction of sp³-hybridized carbons (Fsp3) is 0.533. The van der Waals surface area contributed by atoms with Gasteiger partial charge in [0.15, 0.2) is 0 Å². The summed E-state index contributed by atoms with van der Waals surface area (Å²) in [6, 6.07) is 5.56. The van der Waals surface area contributed by atoms with Crippen molar-refractivity contribution in [2.75, 3.05) is 34.0 Å². The number of carbonyl (C=O) groups is 1. The maximum absolute atomic E-state index is 11.0. The summed E-state index contributed by atoms with van der Waals surface area (Å²) in [5, 5.41) is 3.25. The molecule has 1 atom stereocenters. The molecule has 0 bridgehead atoms. The molecule has 6 nitrogen and oxygen atoms in total. The lowest BCUT2D eigenvalue weighted by Gasteiger charge is -2.15. The molecule has 118 valence electrons. The SMILES string of the molecule is COCCNCc1cc(OC)ccc1OCC(C)C(N)=O. The third kappa shape index (κ3) is 6.01. The summed E-state index contributed by atoms with van der Waals surface area (Å²) in [4.78, 5) is 11.0. The summed E-state index contributed by atoms with van der Waals surface area (Å²) in [5.74, 6) is 0.771. The molecule has 6 heteroatoms. The summed E-state index contributed by atoms with van der Waals surface area (Å²) in [6.45, 7) is 4.00. The number of hydrogen-bond acceptors (Lipinski definition) is 5. The van der Waals surface area contributed by atoms with Crippen LogP contribution < -0.4 is 20.5 Å². The van der Waals surface area contributed by atoms with E-state index in [1.165, 1.54) is 0 Å². The van der Waals surface area contributed by atoms with Crippen molar-refractivity contribution in [3.05, 3.63) is 23.8 Å². The van der Waals surface area contributed by atoms with Gasteiger partial charge >= 0.3 is 0 Å². The molecule has 0 aliphatic rings.